The van der Waals surface area contributed by atoms with E-state index in [0.717, 1.165) is 31.9 Å². The molecule has 1 fully saturated rings. The van der Waals surface area contributed by atoms with Crippen molar-refractivity contribution in [3.63, 3.8) is 0 Å². The molecule has 2 atom stereocenters. The van der Waals surface area contributed by atoms with Crippen molar-refractivity contribution in [2.75, 3.05) is 26.8 Å². The largest absolute Gasteiger partial charge is 0.491 e. The van der Waals surface area contributed by atoms with Crippen LogP contribution in [0.3, 0.4) is 0 Å². The maximum absolute atomic E-state index is 6.30. The summed E-state index contributed by atoms with van der Waals surface area (Å²) in [5.74, 6) is 0.920. The molecular formula is C16H26N2O2. The van der Waals surface area contributed by atoms with Crippen LogP contribution in [-0.4, -0.2) is 43.9 Å². The van der Waals surface area contributed by atoms with E-state index < -0.39 is 0 Å². The number of rotatable bonds is 6. The quantitative estimate of drug-likeness (QED) is 0.866. The first-order chi connectivity index (χ1) is 9.61. The highest BCUT2D eigenvalue weighted by Crippen LogP contribution is 2.32. The van der Waals surface area contributed by atoms with Gasteiger partial charge in [0.25, 0.3) is 0 Å². The number of hydrogen-bond acceptors (Lipinski definition) is 4. The molecule has 0 saturated carbocycles. The van der Waals surface area contributed by atoms with Crippen molar-refractivity contribution in [1.29, 1.82) is 0 Å². The fourth-order valence-electron chi connectivity index (χ4n) is 2.84. The van der Waals surface area contributed by atoms with Crippen LogP contribution < -0.4 is 10.5 Å². The van der Waals surface area contributed by atoms with Crippen molar-refractivity contribution in [3.05, 3.63) is 29.8 Å². The van der Waals surface area contributed by atoms with E-state index in [1.807, 2.05) is 26.0 Å². The van der Waals surface area contributed by atoms with Crippen LogP contribution in [-0.2, 0) is 4.74 Å². The Bertz CT molecular complexity index is 423. The first kappa shape index (κ1) is 15.3. The number of methoxy groups -OCH3 is 1. The average Bonchev–Trinajstić information content (AvgIpc) is 2.77. The lowest BCUT2D eigenvalue weighted by Crippen LogP contribution is -2.33. The van der Waals surface area contributed by atoms with Crippen molar-refractivity contribution >= 4 is 0 Å². The maximum atomic E-state index is 6.30. The second-order valence-corrected chi connectivity index (χ2v) is 5.67. The van der Waals surface area contributed by atoms with Gasteiger partial charge in [0.05, 0.1) is 18.8 Å². The molecule has 1 aromatic rings. The Morgan fingerprint density at radius 1 is 1.40 bits per heavy atom. The van der Waals surface area contributed by atoms with Crippen molar-refractivity contribution in [1.82, 2.24) is 4.90 Å². The van der Waals surface area contributed by atoms with Crippen LogP contribution in [0, 0.1) is 0 Å². The van der Waals surface area contributed by atoms with E-state index in [-0.39, 0.29) is 18.2 Å². The molecule has 1 saturated heterocycles. The number of nitrogens with two attached hydrogens (primary N) is 1. The molecule has 2 N–H and O–H groups in total. The number of ether oxygens (including phenoxy) is 2. The monoisotopic (exact) mass is 278 g/mol. The molecule has 0 spiro atoms. The molecule has 20 heavy (non-hydrogen) atoms. The average molecular weight is 278 g/mol. The topological polar surface area (TPSA) is 47.7 Å². The van der Waals surface area contributed by atoms with E-state index in [9.17, 15) is 0 Å². The van der Waals surface area contributed by atoms with Gasteiger partial charge in [-0.2, -0.15) is 0 Å². The van der Waals surface area contributed by atoms with E-state index in [0.29, 0.717) is 0 Å². The van der Waals surface area contributed by atoms with E-state index in [2.05, 4.69) is 17.0 Å². The van der Waals surface area contributed by atoms with Crippen molar-refractivity contribution in [3.8, 4) is 5.75 Å². The predicted molar refractivity (Wildman–Crippen MR) is 81.0 cm³/mol. The molecule has 0 radical (unpaired) electrons. The molecule has 0 aliphatic carbocycles. The maximum Gasteiger partial charge on any atom is 0.120 e. The van der Waals surface area contributed by atoms with Gasteiger partial charge in [-0.25, -0.2) is 0 Å². The highest BCUT2D eigenvalue weighted by molar-refractivity contribution is 5.32. The summed E-state index contributed by atoms with van der Waals surface area (Å²) in [7, 11) is 1.74. The zero-order valence-corrected chi connectivity index (χ0v) is 12.7. The van der Waals surface area contributed by atoms with Gasteiger partial charge in [-0.1, -0.05) is 12.1 Å². The van der Waals surface area contributed by atoms with E-state index >= 15 is 0 Å². The molecule has 2 unspecified atom stereocenters. The number of hydrogen-bond donors (Lipinski definition) is 1. The fourth-order valence-corrected chi connectivity index (χ4v) is 2.84. The Morgan fingerprint density at radius 2 is 2.20 bits per heavy atom. The predicted octanol–water partition coefficient (Wildman–Crippen LogP) is 2.19. The van der Waals surface area contributed by atoms with Crippen LogP contribution in [0.4, 0.5) is 0 Å². The van der Waals surface area contributed by atoms with Gasteiger partial charge in [-0.15, -0.1) is 0 Å². The van der Waals surface area contributed by atoms with E-state index in [1.165, 1.54) is 5.56 Å². The molecule has 1 aliphatic rings. The lowest BCUT2D eigenvalue weighted by molar-refractivity contribution is 0.139. The third-order valence-corrected chi connectivity index (χ3v) is 3.70. The van der Waals surface area contributed by atoms with Crippen molar-refractivity contribution in [2.45, 2.75) is 38.5 Å². The summed E-state index contributed by atoms with van der Waals surface area (Å²) in [6, 6.07) is 8.76. The first-order valence-corrected chi connectivity index (χ1v) is 7.37. The molecule has 4 nitrogen and oxygen atoms in total. The SMILES string of the molecule is COCCN1CCC(N)C1c1cccc(OC(C)C)c1. The summed E-state index contributed by atoms with van der Waals surface area (Å²) in [4.78, 5) is 2.41. The molecule has 4 heteroatoms. The number of nitrogens with zero attached hydrogens (tertiary/aromatic N) is 1. The summed E-state index contributed by atoms with van der Waals surface area (Å²) in [5.41, 5.74) is 7.54. The zero-order chi connectivity index (χ0) is 14.5. The third-order valence-electron chi connectivity index (χ3n) is 3.70. The fraction of sp³-hybridized carbons (Fsp3) is 0.625. The first-order valence-electron chi connectivity index (χ1n) is 7.37. The zero-order valence-electron chi connectivity index (χ0n) is 12.7. The van der Waals surface area contributed by atoms with Gasteiger partial charge in [0.2, 0.25) is 0 Å². The lowest BCUT2D eigenvalue weighted by Gasteiger charge is -2.27. The Labute approximate surface area is 121 Å². The minimum absolute atomic E-state index is 0.182. The van der Waals surface area contributed by atoms with Crippen LogP contribution in [0.2, 0.25) is 0 Å². The summed E-state index contributed by atoms with van der Waals surface area (Å²) in [6.07, 6.45) is 1.22. The highest BCUT2D eigenvalue weighted by atomic mass is 16.5. The second kappa shape index (κ2) is 7.07. The van der Waals surface area contributed by atoms with Gasteiger partial charge in [-0.3, -0.25) is 4.90 Å². The molecule has 0 bridgehead atoms. The van der Waals surface area contributed by atoms with Gasteiger partial charge < -0.3 is 15.2 Å². The molecule has 0 amide bonds. The van der Waals surface area contributed by atoms with Crippen LogP contribution in [0.5, 0.6) is 5.75 Å². The summed E-state index contributed by atoms with van der Waals surface area (Å²) in [6.45, 7) is 6.78. The lowest BCUT2D eigenvalue weighted by atomic mass is 10.0. The Morgan fingerprint density at radius 3 is 2.90 bits per heavy atom. The minimum Gasteiger partial charge on any atom is -0.491 e. The molecule has 1 heterocycles. The smallest absolute Gasteiger partial charge is 0.120 e. The minimum atomic E-state index is 0.182. The molecule has 1 aromatic carbocycles. The number of likely N-dealkylation sites (tertiary alicyclic amines) is 1. The second-order valence-electron chi connectivity index (χ2n) is 5.67. The van der Waals surface area contributed by atoms with Gasteiger partial charge in [0, 0.05) is 26.2 Å². The standard InChI is InChI=1S/C16H26N2O2/c1-12(2)20-14-6-4-5-13(11-14)16-15(17)7-8-18(16)9-10-19-3/h4-6,11-12,15-16H,7-10,17H2,1-3H3. The Kier molecular flexibility index (Phi) is 5.40. The number of benzene rings is 1. The highest BCUT2D eigenvalue weighted by Gasteiger charge is 2.32. The summed E-state index contributed by atoms with van der Waals surface area (Å²) in [5, 5.41) is 0. The summed E-state index contributed by atoms with van der Waals surface area (Å²) >= 11 is 0. The van der Waals surface area contributed by atoms with Crippen LogP contribution >= 0.6 is 0 Å². The molecule has 0 aromatic heterocycles. The van der Waals surface area contributed by atoms with Crippen LogP contribution in [0.15, 0.2) is 24.3 Å². The van der Waals surface area contributed by atoms with Crippen molar-refractivity contribution in [2.24, 2.45) is 5.73 Å². The molecule has 1 aliphatic heterocycles. The molecule has 112 valence electrons. The molecule has 2 rings (SSSR count). The van der Waals surface area contributed by atoms with Gasteiger partial charge >= 0.3 is 0 Å². The molecular weight excluding hydrogens is 252 g/mol. The van der Waals surface area contributed by atoms with Gasteiger partial charge in [0.1, 0.15) is 5.75 Å². The van der Waals surface area contributed by atoms with E-state index in [1.54, 1.807) is 7.11 Å². The van der Waals surface area contributed by atoms with Crippen molar-refractivity contribution < 1.29 is 9.47 Å². The summed E-state index contributed by atoms with van der Waals surface area (Å²) < 4.78 is 11.0. The van der Waals surface area contributed by atoms with Gasteiger partial charge in [-0.05, 0) is 38.0 Å². The Hall–Kier alpha value is -1.10. The van der Waals surface area contributed by atoms with Crippen LogP contribution in [0.25, 0.3) is 0 Å². The Balaban J connectivity index is 2.14. The normalized spacial score (nSPS) is 23.4. The third kappa shape index (κ3) is 3.72. The van der Waals surface area contributed by atoms with Gasteiger partial charge in [0.15, 0.2) is 0 Å². The van der Waals surface area contributed by atoms with E-state index in [4.69, 9.17) is 15.2 Å². The van der Waals surface area contributed by atoms with Crippen LogP contribution in [0.1, 0.15) is 31.9 Å².